The van der Waals surface area contributed by atoms with Crippen LogP contribution in [-0.4, -0.2) is 19.2 Å². The van der Waals surface area contributed by atoms with Crippen LogP contribution >= 0.6 is 0 Å². The summed E-state index contributed by atoms with van der Waals surface area (Å²) >= 11 is 0. The van der Waals surface area contributed by atoms with Crippen molar-refractivity contribution in [1.29, 1.82) is 0 Å². The van der Waals surface area contributed by atoms with Crippen LogP contribution in [0.5, 0.6) is 5.75 Å². The average Bonchev–Trinajstić information content (AvgIpc) is 3.20. The fourth-order valence-corrected chi connectivity index (χ4v) is 5.37. The first-order chi connectivity index (χ1) is 10.4. The van der Waals surface area contributed by atoms with Gasteiger partial charge >= 0.3 is 0 Å². The van der Waals surface area contributed by atoms with E-state index < -0.39 is 0 Å². The Labute approximate surface area is 128 Å². The van der Waals surface area contributed by atoms with E-state index in [4.69, 9.17) is 4.74 Å². The molecule has 4 rings (SSSR count). The normalized spacial score (nSPS) is 36.9. The summed E-state index contributed by atoms with van der Waals surface area (Å²) in [7, 11) is 0. The number of nitrogens with one attached hydrogen (secondary N) is 1. The topological polar surface area (TPSA) is 21.3 Å². The number of ether oxygens (including phenoxy) is 1. The molecule has 0 heterocycles. The molecule has 3 fully saturated rings. The summed E-state index contributed by atoms with van der Waals surface area (Å²) in [5.41, 5.74) is 0. The van der Waals surface area contributed by atoms with E-state index in [1.807, 2.05) is 30.3 Å². The van der Waals surface area contributed by atoms with Crippen LogP contribution in [0.1, 0.15) is 38.5 Å². The lowest BCUT2D eigenvalue weighted by Crippen LogP contribution is -2.40. The molecule has 3 aliphatic rings. The minimum absolute atomic E-state index is 0.811. The molecule has 5 atom stereocenters. The maximum Gasteiger partial charge on any atom is 0.119 e. The number of para-hydroxylation sites is 1. The van der Waals surface area contributed by atoms with Crippen molar-refractivity contribution in [3.05, 3.63) is 30.3 Å². The highest BCUT2D eigenvalue weighted by molar-refractivity contribution is 5.20. The van der Waals surface area contributed by atoms with Crippen LogP contribution in [0.25, 0.3) is 0 Å². The second kappa shape index (κ2) is 6.00. The van der Waals surface area contributed by atoms with Gasteiger partial charge in [-0.2, -0.15) is 0 Å². The van der Waals surface area contributed by atoms with Crippen molar-refractivity contribution in [3.63, 3.8) is 0 Å². The molecule has 1 aromatic carbocycles. The molecular formula is C19H27NO. The van der Waals surface area contributed by atoms with E-state index in [2.05, 4.69) is 5.32 Å². The number of hydrogen-bond donors (Lipinski definition) is 1. The predicted octanol–water partition coefficient (Wildman–Crippen LogP) is 3.87. The van der Waals surface area contributed by atoms with Crippen molar-refractivity contribution in [2.24, 2.45) is 23.7 Å². The van der Waals surface area contributed by atoms with Gasteiger partial charge < -0.3 is 10.1 Å². The van der Waals surface area contributed by atoms with E-state index in [0.29, 0.717) is 0 Å². The Bertz CT molecular complexity index is 460. The van der Waals surface area contributed by atoms with Crippen molar-refractivity contribution >= 4 is 0 Å². The molecule has 0 amide bonds. The molecule has 0 aliphatic heterocycles. The van der Waals surface area contributed by atoms with Gasteiger partial charge in [0, 0.05) is 6.04 Å². The Morgan fingerprint density at radius 1 is 1.00 bits per heavy atom. The molecule has 0 aromatic heterocycles. The van der Waals surface area contributed by atoms with Gasteiger partial charge in [-0.15, -0.1) is 0 Å². The highest BCUT2D eigenvalue weighted by atomic mass is 16.5. The summed E-state index contributed by atoms with van der Waals surface area (Å²) < 4.78 is 5.76. The minimum atomic E-state index is 0.811. The zero-order valence-corrected chi connectivity index (χ0v) is 12.8. The first-order valence-electron chi connectivity index (χ1n) is 8.83. The molecule has 114 valence electrons. The van der Waals surface area contributed by atoms with Gasteiger partial charge in [0.1, 0.15) is 5.75 Å². The van der Waals surface area contributed by atoms with Crippen molar-refractivity contribution in [1.82, 2.24) is 5.32 Å². The lowest BCUT2D eigenvalue weighted by Gasteiger charge is -2.32. The van der Waals surface area contributed by atoms with Crippen molar-refractivity contribution in [3.8, 4) is 5.75 Å². The summed E-state index contributed by atoms with van der Waals surface area (Å²) in [6, 6.07) is 11.0. The van der Waals surface area contributed by atoms with E-state index in [1.165, 1.54) is 32.1 Å². The Morgan fingerprint density at radius 3 is 2.76 bits per heavy atom. The van der Waals surface area contributed by atoms with Gasteiger partial charge in [0.05, 0.1) is 6.61 Å². The molecule has 1 N–H and O–H groups in total. The molecule has 1 aromatic rings. The van der Waals surface area contributed by atoms with Crippen LogP contribution < -0.4 is 10.1 Å². The minimum Gasteiger partial charge on any atom is -0.494 e. The second-order valence-electron chi connectivity index (χ2n) is 7.23. The van der Waals surface area contributed by atoms with Crippen LogP contribution in [0.3, 0.4) is 0 Å². The van der Waals surface area contributed by atoms with E-state index in [1.54, 1.807) is 0 Å². The highest BCUT2D eigenvalue weighted by Crippen LogP contribution is 2.58. The van der Waals surface area contributed by atoms with Gasteiger partial charge in [-0.3, -0.25) is 0 Å². The van der Waals surface area contributed by atoms with E-state index in [-0.39, 0.29) is 0 Å². The van der Waals surface area contributed by atoms with Crippen LogP contribution in [0.15, 0.2) is 30.3 Å². The molecule has 2 bridgehead atoms. The Balaban J connectivity index is 1.17. The lowest BCUT2D eigenvalue weighted by molar-refractivity contribution is 0.205. The van der Waals surface area contributed by atoms with Gasteiger partial charge in [0.2, 0.25) is 0 Å². The van der Waals surface area contributed by atoms with Gasteiger partial charge in [-0.1, -0.05) is 24.6 Å². The highest BCUT2D eigenvalue weighted by Gasteiger charge is 2.53. The number of benzene rings is 1. The van der Waals surface area contributed by atoms with E-state index in [0.717, 1.165) is 55.0 Å². The second-order valence-corrected chi connectivity index (χ2v) is 7.23. The van der Waals surface area contributed by atoms with Gasteiger partial charge in [-0.25, -0.2) is 0 Å². The van der Waals surface area contributed by atoms with Gasteiger partial charge in [0.25, 0.3) is 0 Å². The van der Waals surface area contributed by atoms with Crippen molar-refractivity contribution in [2.45, 2.75) is 44.6 Å². The fourth-order valence-electron chi connectivity index (χ4n) is 5.37. The molecular weight excluding hydrogens is 258 g/mol. The molecule has 0 saturated heterocycles. The monoisotopic (exact) mass is 285 g/mol. The standard InChI is InChI=1S/C19H27NO/c1-2-6-15(7-3-1)21-11-5-10-20-19-13-14-12-18(19)17-9-4-8-16(14)17/h1-3,6-7,14,16-20H,4-5,8-13H2. The third-order valence-corrected chi connectivity index (χ3v) is 6.17. The zero-order valence-electron chi connectivity index (χ0n) is 12.8. The third-order valence-electron chi connectivity index (χ3n) is 6.17. The molecule has 3 saturated carbocycles. The fraction of sp³-hybridized carbons (Fsp3) is 0.684. The summed E-state index contributed by atoms with van der Waals surface area (Å²) in [5.74, 6) is 5.22. The summed E-state index contributed by atoms with van der Waals surface area (Å²) in [4.78, 5) is 0. The molecule has 2 heteroatoms. The smallest absolute Gasteiger partial charge is 0.119 e. The number of fused-ring (bicyclic) bond motifs is 5. The molecule has 21 heavy (non-hydrogen) atoms. The summed E-state index contributed by atoms with van der Waals surface area (Å²) in [6.45, 7) is 1.93. The third kappa shape index (κ3) is 2.70. The molecule has 0 radical (unpaired) electrons. The number of rotatable bonds is 6. The largest absolute Gasteiger partial charge is 0.494 e. The summed E-state index contributed by atoms with van der Waals surface area (Å²) in [6.07, 6.45) is 8.63. The molecule has 5 unspecified atom stereocenters. The lowest BCUT2D eigenvalue weighted by atomic mass is 9.79. The van der Waals surface area contributed by atoms with Gasteiger partial charge in [-0.05, 0) is 74.5 Å². The van der Waals surface area contributed by atoms with Gasteiger partial charge in [0.15, 0.2) is 0 Å². The Hall–Kier alpha value is -1.02. The van der Waals surface area contributed by atoms with Crippen LogP contribution in [0.2, 0.25) is 0 Å². The Kier molecular flexibility index (Phi) is 3.89. The molecule has 3 aliphatic carbocycles. The maximum atomic E-state index is 5.76. The maximum absolute atomic E-state index is 5.76. The first kappa shape index (κ1) is 13.6. The van der Waals surface area contributed by atoms with E-state index >= 15 is 0 Å². The molecule has 2 nitrogen and oxygen atoms in total. The Morgan fingerprint density at radius 2 is 1.86 bits per heavy atom. The predicted molar refractivity (Wildman–Crippen MR) is 85.4 cm³/mol. The average molecular weight is 285 g/mol. The molecule has 0 spiro atoms. The van der Waals surface area contributed by atoms with Crippen molar-refractivity contribution in [2.75, 3.05) is 13.2 Å². The van der Waals surface area contributed by atoms with Crippen LogP contribution in [0, 0.1) is 23.7 Å². The first-order valence-corrected chi connectivity index (χ1v) is 8.83. The summed E-state index contributed by atoms with van der Waals surface area (Å²) in [5, 5.41) is 3.83. The van der Waals surface area contributed by atoms with Crippen LogP contribution in [-0.2, 0) is 0 Å². The van der Waals surface area contributed by atoms with Crippen molar-refractivity contribution < 1.29 is 4.74 Å². The quantitative estimate of drug-likeness (QED) is 0.801. The van der Waals surface area contributed by atoms with Crippen LogP contribution in [0.4, 0.5) is 0 Å². The zero-order chi connectivity index (χ0) is 14.1. The SMILES string of the molecule is c1ccc(OCCCNC2CC3CC2C2CCCC32)cc1. The van der Waals surface area contributed by atoms with E-state index in [9.17, 15) is 0 Å². The number of hydrogen-bond acceptors (Lipinski definition) is 2.